The van der Waals surface area contributed by atoms with Crippen LogP contribution in [-0.4, -0.2) is 46.9 Å². The van der Waals surface area contributed by atoms with Crippen molar-refractivity contribution in [3.05, 3.63) is 56.5 Å². The van der Waals surface area contributed by atoms with Gasteiger partial charge in [0.25, 0.3) is 5.91 Å². The van der Waals surface area contributed by atoms with Crippen LogP contribution in [0.25, 0.3) is 6.08 Å². The van der Waals surface area contributed by atoms with Crippen molar-refractivity contribution in [2.24, 2.45) is 10.3 Å². The molecule has 0 fully saturated rings. The summed E-state index contributed by atoms with van der Waals surface area (Å²) in [4.78, 5) is 23.9. The fraction of sp³-hybridized carbons (Fsp3) is 0.333. The van der Waals surface area contributed by atoms with E-state index >= 15 is 0 Å². The van der Waals surface area contributed by atoms with E-state index < -0.39 is 0 Å². The van der Waals surface area contributed by atoms with Crippen molar-refractivity contribution in [2.45, 2.75) is 26.5 Å². The first-order valence-electron chi connectivity index (χ1n) is 9.51. The molecule has 11 heteroatoms. The summed E-state index contributed by atoms with van der Waals surface area (Å²) >= 11 is 14.8. The summed E-state index contributed by atoms with van der Waals surface area (Å²) in [6.45, 7) is 3.87. The molecule has 0 saturated heterocycles. The van der Waals surface area contributed by atoms with Crippen LogP contribution in [0.15, 0.2) is 40.7 Å². The Hall–Kier alpha value is -2.07. The highest BCUT2D eigenvalue weighted by Crippen LogP contribution is 2.29. The van der Waals surface area contributed by atoms with E-state index in [0.717, 1.165) is 16.2 Å². The highest BCUT2D eigenvalue weighted by Gasteiger charge is 2.20. The van der Waals surface area contributed by atoms with Crippen LogP contribution in [0, 0.1) is 0 Å². The number of halogens is 2. The van der Waals surface area contributed by atoms with E-state index in [2.05, 4.69) is 20.0 Å². The van der Waals surface area contributed by atoms with Gasteiger partial charge in [-0.05, 0) is 43.8 Å². The zero-order chi connectivity index (χ0) is 23.5. The van der Waals surface area contributed by atoms with Gasteiger partial charge in [-0.3, -0.25) is 4.79 Å². The Kier molecular flexibility index (Phi) is 11.0. The van der Waals surface area contributed by atoms with Crippen molar-refractivity contribution in [2.75, 3.05) is 19.1 Å². The van der Waals surface area contributed by atoms with Crippen LogP contribution in [0.5, 0.6) is 0 Å². The number of carbonyl (C=O) groups excluding carboxylic acids is 1. The molecular weight excluding hydrogens is 491 g/mol. The molecule has 1 amide bonds. The second-order valence-corrected chi connectivity index (χ2v) is 9.05. The molecule has 0 aliphatic rings. The van der Waals surface area contributed by atoms with E-state index in [0.29, 0.717) is 16.3 Å². The first kappa shape index (κ1) is 26.2. The first-order valence-corrected chi connectivity index (χ1v) is 12.4. The quantitative estimate of drug-likeness (QED) is 0.325. The molecule has 2 aromatic rings. The lowest BCUT2D eigenvalue weighted by molar-refractivity contribution is -0.115. The van der Waals surface area contributed by atoms with Crippen molar-refractivity contribution in [3.8, 4) is 0 Å². The van der Waals surface area contributed by atoms with Gasteiger partial charge < -0.3 is 15.0 Å². The smallest absolute Gasteiger partial charge is 0.274 e. The summed E-state index contributed by atoms with van der Waals surface area (Å²) < 4.78 is 3.98. The maximum atomic E-state index is 12.8. The number of allylic oxidation sites excluding steroid dienone is 1. The highest BCUT2D eigenvalue weighted by molar-refractivity contribution is 7.98. The Balaban J connectivity index is 2.11. The van der Waals surface area contributed by atoms with Gasteiger partial charge in [-0.15, -0.1) is 0 Å². The SMILES string of the molecule is CO/N=C(/C(=O)N[C@H](C)CSC)c1ccccc1CO/N=C(C)/C=C/c1snc(Cl)c1Cl. The Bertz CT molecular complexity index is 1010. The fourth-order valence-electron chi connectivity index (χ4n) is 2.57. The minimum atomic E-state index is -0.316. The average molecular weight is 515 g/mol. The third-order valence-electron chi connectivity index (χ3n) is 3.99. The van der Waals surface area contributed by atoms with Crippen LogP contribution >= 0.6 is 46.5 Å². The molecule has 2 rings (SSSR count). The van der Waals surface area contributed by atoms with Crippen molar-refractivity contribution in [1.82, 2.24) is 9.69 Å². The van der Waals surface area contributed by atoms with E-state index in [1.54, 1.807) is 36.9 Å². The number of aromatic nitrogens is 1. The molecule has 0 bridgehead atoms. The highest BCUT2D eigenvalue weighted by atomic mass is 35.5. The van der Waals surface area contributed by atoms with E-state index in [4.69, 9.17) is 32.9 Å². The lowest BCUT2D eigenvalue weighted by Crippen LogP contribution is -2.39. The zero-order valence-electron chi connectivity index (χ0n) is 18.1. The van der Waals surface area contributed by atoms with Crippen LogP contribution in [0.4, 0.5) is 0 Å². The molecule has 0 unspecified atom stereocenters. The first-order chi connectivity index (χ1) is 15.4. The fourth-order valence-corrected chi connectivity index (χ4v) is 4.25. The molecule has 0 aliphatic carbocycles. The van der Waals surface area contributed by atoms with Crippen molar-refractivity contribution >= 4 is 69.9 Å². The molecule has 0 radical (unpaired) electrons. The summed E-state index contributed by atoms with van der Waals surface area (Å²) in [5.74, 6) is 0.473. The van der Waals surface area contributed by atoms with Crippen molar-refractivity contribution < 1.29 is 14.5 Å². The topological polar surface area (TPSA) is 85.2 Å². The lowest BCUT2D eigenvalue weighted by Gasteiger charge is -2.15. The maximum Gasteiger partial charge on any atom is 0.274 e. The minimum absolute atomic E-state index is 0.0102. The molecule has 1 N–H and O–H groups in total. The number of oxime groups is 2. The molecule has 32 heavy (non-hydrogen) atoms. The summed E-state index contributed by atoms with van der Waals surface area (Å²) in [6, 6.07) is 7.31. The van der Waals surface area contributed by atoms with Gasteiger partial charge >= 0.3 is 0 Å². The molecular formula is C21H24Cl2N4O3S2. The summed E-state index contributed by atoms with van der Waals surface area (Å²) in [5, 5.41) is 11.7. The number of nitrogens with zero attached hydrogens (tertiary/aromatic N) is 3. The van der Waals surface area contributed by atoms with E-state index in [-0.39, 0.29) is 29.4 Å². The van der Waals surface area contributed by atoms with Crippen LogP contribution in [0.1, 0.15) is 29.9 Å². The van der Waals surface area contributed by atoms with Gasteiger partial charge in [0.15, 0.2) is 10.9 Å². The Morgan fingerprint density at radius 2 is 2.09 bits per heavy atom. The molecule has 1 heterocycles. The molecule has 0 saturated carbocycles. The number of hydrogen-bond acceptors (Lipinski definition) is 8. The van der Waals surface area contributed by atoms with E-state index in [9.17, 15) is 4.79 Å². The third-order valence-corrected chi connectivity index (χ3v) is 6.60. The second-order valence-electron chi connectivity index (χ2n) is 6.60. The minimum Gasteiger partial charge on any atom is -0.398 e. The van der Waals surface area contributed by atoms with Crippen LogP contribution in [-0.2, 0) is 21.1 Å². The number of thioether (sulfide) groups is 1. The number of nitrogens with one attached hydrogen (secondary N) is 1. The summed E-state index contributed by atoms with van der Waals surface area (Å²) in [7, 11) is 1.40. The van der Waals surface area contributed by atoms with E-state index in [1.165, 1.54) is 18.6 Å². The molecule has 1 atom stereocenters. The molecule has 0 spiro atoms. The van der Waals surface area contributed by atoms with Crippen LogP contribution in [0.2, 0.25) is 10.2 Å². The van der Waals surface area contributed by atoms with Gasteiger partial charge in [-0.25, -0.2) is 0 Å². The predicted molar refractivity (Wildman–Crippen MR) is 135 cm³/mol. The second kappa shape index (κ2) is 13.5. The van der Waals surface area contributed by atoms with Gasteiger partial charge in [0.2, 0.25) is 0 Å². The standard InChI is InChI=1S/C21H24Cl2N4O3S2/c1-13(9-10-17-18(22)20(23)27-32-17)25-30-11-15-7-5-6-8-16(15)19(26-29-3)21(28)24-14(2)12-31-4/h5-10,14H,11-12H2,1-4H3,(H,24,28)/b10-9+,25-13+,26-19+/t14-/m1/s1. The molecule has 172 valence electrons. The van der Waals surface area contributed by atoms with Crippen molar-refractivity contribution in [3.63, 3.8) is 0 Å². The zero-order valence-corrected chi connectivity index (χ0v) is 21.2. The Morgan fingerprint density at radius 1 is 1.34 bits per heavy atom. The number of benzene rings is 1. The van der Waals surface area contributed by atoms with E-state index in [1.807, 2.05) is 31.4 Å². The number of hydrogen-bond donors (Lipinski definition) is 1. The average Bonchev–Trinajstić information content (AvgIpc) is 3.08. The largest absolute Gasteiger partial charge is 0.398 e. The molecule has 1 aromatic carbocycles. The molecule has 0 aliphatic heterocycles. The number of carbonyl (C=O) groups is 1. The lowest BCUT2D eigenvalue weighted by atomic mass is 10.0. The van der Waals surface area contributed by atoms with Gasteiger partial charge in [0, 0.05) is 22.9 Å². The Morgan fingerprint density at radius 3 is 2.75 bits per heavy atom. The molecule has 7 nitrogen and oxygen atoms in total. The monoisotopic (exact) mass is 514 g/mol. The normalized spacial score (nSPS) is 13.3. The summed E-state index contributed by atoms with van der Waals surface area (Å²) in [6.07, 6.45) is 5.50. The van der Waals surface area contributed by atoms with Gasteiger partial charge in [-0.1, -0.05) is 57.8 Å². The maximum absolute atomic E-state index is 12.8. The van der Waals surface area contributed by atoms with Crippen LogP contribution in [0.3, 0.4) is 0 Å². The van der Waals surface area contributed by atoms with Gasteiger partial charge in [-0.2, -0.15) is 16.1 Å². The number of amides is 1. The Labute approximate surface area is 206 Å². The van der Waals surface area contributed by atoms with Crippen molar-refractivity contribution in [1.29, 1.82) is 0 Å². The molecule has 1 aromatic heterocycles. The van der Waals surface area contributed by atoms with Crippen LogP contribution < -0.4 is 5.32 Å². The summed E-state index contributed by atoms with van der Waals surface area (Å²) in [5.41, 5.74) is 2.15. The van der Waals surface area contributed by atoms with Gasteiger partial charge in [0.05, 0.1) is 15.6 Å². The number of rotatable bonds is 11. The van der Waals surface area contributed by atoms with Gasteiger partial charge in [0.1, 0.15) is 13.7 Å². The predicted octanol–water partition coefficient (Wildman–Crippen LogP) is 5.27. The third kappa shape index (κ3) is 7.81.